The summed E-state index contributed by atoms with van der Waals surface area (Å²) in [4.78, 5) is 14.3. The van der Waals surface area contributed by atoms with Crippen molar-refractivity contribution in [3.05, 3.63) is 35.9 Å². The largest absolute Gasteiger partial charge is 0.341 e. The molecule has 1 fully saturated rings. The van der Waals surface area contributed by atoms with Gasteiger partial charge in [-0.25, -0.2) is 0 Å². The lowest BCUT2D eigenvalue weighted by atomic mass is 10.1. The molecule has 1 amide bonds. The highest BCUT2D eigenvalue weighted by Gasteiger charge is 2.26. The average molecular weight is 280 g/mol. The van der Waals surface area contributed by atoms with Gasteiger partial charge in [0.1, 0.15) is 5.38 Å². The number of halogens is 1. The molecule has 2 rings (SSSR count). The molecule has 19 heavy (non-hydrogen) atoms. The third kappa shape index (κ3) is 3.73. The Morgan fingerprint density at radius 2 is 1.74 bits per heavy atom. The minimum absolute atomic E-state index is 0.0276. The molecule has 0 aliphatic heterocycles. The number of carbonyl (C=O) groups excluding carboxylic acids is 1. The van der Waals surface area contributed by atoms with E-state index in [0.29, 0.717) is 6.04 Å². The van der Waals surface area contributed by atoms with Crippen molar-refractivity contribution >= 4 is 17.5 Å². The van der Waals surface area contributed by atoms with Crippen LogP contribution in [-0.2, 0) is 4.79 Å². The predicted molar refractivity (Wildman–Crippen MR) is 79.3 cm³/mol. The van der Waals surface area contributed by atoms with E-state index in [9.17, 15) is 4.79 Å². The summed E-state index contributed by atoms with van der Waals surface area (Å²) in [5, 5.41) is -0.561. The average Bonchev–Trinajstić information content (AvgIpc) is 2.75. The first kappa shape index (κ1) is 14.4. The fraction of sp³-hybridized carbons (Fsp3) is 0.562. The topological polar surface area (TPSA) is 20.3 Å². The molecular formula is C16H22ClNO. The van der Waals surface area contributed by atoms with Gasteiger partial charge in [-0.05, 0) is 18.4 Å². The molecule has 1 aromatic rings. The summed E-state index contributed by atoms with van der Waals surface area (Å²) in [7, 11) is 1.90. The van der Waals surface area contributed by atoms with Crippen LogP contribution in [0.5, 0.6) is 0 Å². The summed E-state index contributed by atoms with van der Waals surface area (Å²) >= 11 is 6.32. The number of nitrogens with zero attached hydrogens (tertiary/aromatic N) is 1. The molecule has 0 spiro atoms. The van der Waals surface area contributed by atoms with Gasteiger partial charge in [0.2, 0.25) is 5.91 Å². The quantitative estimate of drug-likeness (QED) is 0.601. The fourth-order valence-corrected chi connectivity index (χ4v) is 3.07. The number of benzene rings is 1. The second-order valence-electron chi connectivity index (χ2n) is 5.37. The number of hydrogen-bond donors (Lipinski definition) is 0. The van der Waals surface area contributed by atoms with Crippen LogP contribution in [0, 0.1) is 0 Å². The monoisotopic (exact) mass is 279 g/mol. The first-order chi connectivity index (χ1) is 9.20. The van der Waals surface area contributed by atoms with Crippen molar-refractivity contribution in [2.45, 2.75) is 49.9 Å². The molecule has 0 N–H and O–H groups in total. The summed E-state index contributed by atoms with van der Waals surface area (Å²) in [6.45, 7) is 0. The highest BCUT2D eigenvalue weighted by atomic mass is 35.5. The van der Waals surface area contributed by atoms with Gasteiger partial charge in [-0.15, -0.1) is 11.6 Å². The maximum Gasteiger partial charge on any atom is 0.245 e. The van der Waals surface area contributed by atoms with Gasteiger partial charge >= 0.3 is 0 Å². The van der Waals surface area contributed by atoms with Gasteiger partial charge in [0.15, 0.2) is 0 Å². The van der Waals surface area contributed by atoms with Gasteiger partial charge in [-0.1, -0.05) is 56.0 Å². The maximum atomic E-state index is 12.4. The highest BCUT2D eigenvalue weighted by Crippen LogP contribution is 2.27. The first-order valence-electron chi connectivity index (χ1n) is 7.16. The van der Waals surface area contributed by atoms with E-state index >= 15 is 0 Å². The third-order valence-electron chi connectivity index (χ3n) is 4.03. The van der Waals surface area contributed by atoms with E-state index in [4.69, 9.17) is 11.6 Å². The van der Waals surface area contributed by atoms with Crippen molar-refractivity contribution in [1.29, 1.82) is 0 Å². The molecule has 0 aromatic heterocycles. The Labute approximate surface area is 120 Å². The summed E-state index contributed by atoms with van der Waals surface area (Å²) in [6.07, 6.45) is 7.26. The van der Waals surface area contributed by atoms with E-state index in [1.54, 1.807) is 0 Å². The van der Waals surface area contributed by atoms with E-state index in [0.717, 1.165) is 18.4 Å². The van der Waals surface area contributed by atoms with Crippen molar-refractivity contribution in [1.82, 2.24) is 4.90 Å². The minimum Gasteiger partial charge on any atom is -0.341 e. The van der Waals surface area contributed by atoms with Crippen LogP contribution < -0.4 is 0 Å². The summed E-state index contributed by atoms with van der Waals surface area (Å²) in [6, 6.07) is 9.97. The van der Waals surface area contributed by atoms with Crippen LogP contribution in [0.2, 0.25) is 0 Å². The lowest BCUT2D eigenvalue weighted by Crippen LogP contribution is -2.38. The van der Waals surface area contributed by atoms with Crippen molar-refractivity contribution in [3.63, 3.8) is 0 Å². The highest BCUT2D eigenvalue weighted by molar-refractivity contribution is 6.30. The number of likely N-dealkylation sites (N-methyl/N-ethyl adjacent to an activating group) is 1. The molecule has 104 valence electrons. The second-order valence-corrected chi connectivity index (χ2v) is 5.80. The lowest BCUT2D eigenvalue weighted by molar-refractivity contribution is -0.131. The molecule has 3 heteroatoms. The Morgan fingerprint density at radius 1 is 1.16 bits per heavy atom. The second kappa shape index (κ2) is 6.95. The van der Waals surface area contributed by atoms with E-state index in [1.165, 1.54) is 25.7 Å². The molecule has 1 aliphatic rings. The summed E-state index contributed by atoms with van der Waals surface area (Å²) in [5.41, 5.74) is 0.884. The van der Waals surface area contributed by atoms with Crippen molar-refractivity contribution < 1.29 is 4.79 Å². The zero-order valence-electron chi connectivity index (χ0n) is 11.5. The Hall–Kier alpha value is -1.02. The summed E-state index contributed by atoms with van der Waals surface area (Å²) in [5.74, 6) is 0.0276. The third-order valence-corrected chi connectivity index (χ3v) is 4.47. The Bertz CT molecular complexity index is 398. The zero-order chi connectivity index (χ0) is 13.7. The molecular weight excluding hydrogens is 258 g/mol. The van der Waals surface area contributed by atoms with Gasteiger partial charge in [-0.2, -0.15) is 0 Å². The predicted octanol–water partition coefficient (Wildman–Crippen LogP) is 4.15. The first-order valence-corrected chi connectivity index (χ1v) is 7.59. The SMILES string of the molecule is CN(C(=O)C(Cl)c1ccccc1)C1CCCCCC1. The van der Waals surface area contributed by atoms with E-state index in [-0.39, 0.29) is 5.91 Å². The number of rotatable bonds is 3. The maximum absolute atomic E-state index is 12.4. The Morgan fingerprint density at radius 3 is 2.32 bits per heavy atom. The molecule has 1 saturated carbocycles. The van der Waals surface area contributed by atoms with Crippen LogP contribution in [0.25, 0.3) is 0 Å². The number of amides is 1. The van der Waals surface area contributed by atoms with Gasteiger partial charge < -0.3 is 4.90 Å². The summed E-state index contributed by atoms with van der Waals surface area (Å²) < 4.78 is 0. The Kier molecular flexibility index (Phi) is 5.26. The number of alkyl halides is 1. The molecule has 0 bridgehead atoms. The molecule has 0 radical (unpaired) electrons. The van der Waals surface area contributed by atoms with Crippen LogP contribution in [0.4, 0.5) is 0 Å². The van der Waals surface area contributed by atoms with Crippen LogP contribution in [-0.4, -0.2) is 23.9 Å². The van der Waals surface area contributed by atoms with Crippen molar-refractivity contribution in [2.75, 3.05) is 7.05 Å². The molecule has 0 heterocycles. The zero-order valence-corrected chi connectivity index (χ0v) is 12.3. The molecule has 1 unspecified atom stereocenters. The smallest absolute Gasteiger partial charge is 0.245 e. The molecule has 1 atom stereocenters. The lowest BCUT2D eigenvalue weighted by Gasteiger charge is -2.29. The molecule has 1 aliphatic carbocycles. The van der Waals surface area contributed by atoms with Crippen LogP contribution in [0.3, 0.4) is 0 Å². The minimum atomic E-state index is -0.561. The van der Waals surface area contributed by atoms with Crippen LogP contribution in [0.1, 0.15) is 49.5 Å². The van der Waals surface area contributed by atoms with Crippen LogP contribution in [0.15, 0.2) is 30.3 Å². The van der Waals surface area contributed by atoms with Gasteiger partial charge in [0, 0.05) is 13.1 Å². The van der Waals surface area contributed by atoms with E-state index < -0.39 is 5.38 Å². The fourth-order valence-electron chi connectivity index (χ4n) is 2.77. The molecule has 0 saturated heterocycles. The van der Waals surface area contributed by atoms with Crippen LogP contribution >= 0.6 is 11.6 Å². The number of hydrogen-bond acceptors (Lipinski definition) is 1. The molecule has 1 aromatic carbocycles. The van der Waals surface area contributed by atoms with Gasteiger partial charge in [0.25, 0.3) is 0 Å². The van der Waals surface area contributed by atoms with Crippen molar-refractivity contribution in [3.8, 4) is 0 Å². The van der Waals surface area contributed by atoms with Crippen molar-refractivity contribution in [2.24, 2.45) is 0 Å². The van der Waals surface area contributed by atoms with Gasteiger partial charge in [0.05, 0.1) is 0 Å². The van der Waals surface area contributed by atoms with Gasteiger partial charge in [-0.3, -0.25) is 4.79 Å². The number of carbonyl (C=O) groups is 1. The Balaban J connectivity index is 2.01. The molecule has 2 nitrogen and oxygen atoms in total. The normalized spacial score (nSPS) is 18.6. The van der Waals surface area contributed by atoms with E-state index in [2.05, 4.69) is 0 Å². The van der Waals surface area contributed by atoms with E-state index in [1.807, 2.05) is 42.3 Å². The standard InChI is InChI=1S/C16H22ClNO/c1-18(14-11-7-2-3-8-12-14)16(19)15(17)13-9-5-4-6-10-13/h4-6,9-10,14-15H,2-3,7-8,11-12H2,1H3.